The normalized spacial score (nSPS) is 20.9. The zero-order chi connectivity index (χ0) is 12.9. The molecule has 0 saturated carbocycles. The number of likely N-dealkylation sites (tertiary alicyclic amines) is 1. The van der Waals surface area contributed by atoms with Gasteiger partial charge in [-0.1, -0.05) is 18.4 Å². The Morgan fingerprint density at radius 1 is 1.24 bits per heavy atom. The average molecular weight is 239 g/mol. The molecular weight excluding hydrogens is 210 g/mol. The van der Waals surface area contributed by atoms with Crippen molar-refractivity contribution >= 4 is 0 Å². The Kier molecular flexibility index (Phi) is 5.68. The first-order valence-electron chi connectivity index (χ1n) is 7.02. The number of nitrogens with zero attached hydrogens (tertiary/aromatic N) is 1. The maximum absolute atomic E-state index is 10.4. The van der Waals surface area contributed by atoms with Crippen molar-refractivity contribution in [3.8, 4) is 0 Å². The Morgan fingerprint density at radius 2 is 1.76 bits per heavy atom. The van der Waals surface area contributed by atoms with Crippen LogP contribution in [0, 0.1) is 0 Å². The summed E-state index contributed by atoms with van der Waals surface area (Å²) in [6.45, 7) is 12.6. The van der Waals surface area contributed by atoms with Crippen LogP contribution in [0.2, 0.25) is 0 Å². The van der Waals surface area contributed by atoms with Gasteiger partial charge in [-0.25, -0.2) is 0 Å². The fourth-order valence-corrected chi connectivity index (χ4v) is 2.59. The average Bonchev–Trinajstić information content (AvgIpc) is 2.54. The standard InChI is InChI=1S/C15H29NO/c1-13(2)9-10-14(17)15(3,4)16-11-7-5-6-8-12-16/h14,17H,1,5-12H2,2-4H3. The van der Waals surface area contributed by atoms with Crippen molar-refractivity contribution in [1.29, 1.82) is 0 Å². The smallest absolute Gasteiger partial charge is 0.0721 e. The molecule has 2 nitrogen and oxygen atoms in total. The first kappa shape index (κ1) is 14.7. The molecule has 0 radical (unpaired) electrons. The number of aliphatic hydroxyl groups excluding tert-OH is 1. The molecule has 1 heterocycles. The summed E-state index contributed by atoms with van der Waals surface area (Å²) in [5, 5.41) is 10.4. The highest BCUT2D eigenvalue weighted by Crippen LogP contribution is 2.26. The third-order valence-electron chi connectivity index (χ3n) is 4.08. The molecule has 1 N–H and O–H groups in total. The Balaban J connectivity index is 2.54. The molecule has 0 aliphatic carbocycles. The minimum absolute atomic E-state index is 0.0974. The Hall–Kier alpha value is -0.340. The molecule has 0 aromatic carbocycles. The van der Waals surface area contributed by atoms with Gasteiger partial charge in [0, 0.05) is 5.54 Å². The van der Waals surface area contributed by atoms with Crippen molar-refractivity contribution in [2.45, 2.75) is 70.9 Å². The third-order valence-corrected chi connectivity index (χ3v) is 4.08. The second-order valence-corrected chi connectivity index (χ2v) is 6.07. The molecule has 0 aromatic heterocycles. The summed E-state index contributed by atoms with van der Waals surface area (Å²) in [4.78, 5) is 2.48. The zero-order valence-corrected chi connectivity index (χ0v) is 11.8. The van der Waals surface area contributed by atoms with E-state index in [4.69, 9.17) is 0 Å². The number of hydrogen-bond acceptors (Lipinski definition) is 2. The minimum atomic E-state index is -0.253. The maximum Gasteiger partial charge on any atom is 0.0721 e. The molecule has 2 heteroatoms. The zero-order valence-electron chi connectivity index (χ0n) is 11.8. The van der Waals surface area contributed by atoms with E-state index >= 15 is 0 Å². The first-order valence-corrected chi connectivity index (χ1v) is 7.02. The lowest BCUT2D eigenvalue weighted by Crippen LogP contribution is -2.52. The SMILES string of the molecule is C=C(C)CCC(O)C(C)(C)N1CCCCCC1. The summed E-state index contributed by atoms with van der Waals surface area (Å²) in [7, 11) is 0. The van der Waals surface area contributed by atoms with Gasteiger partial charge in [-0.3, -0.25) is 4.90 Å². The van der Waals surface area contributed by atoms with Crippen LogP contribution in [-0.2, 0) is 0 Å². The third kappa shape index (κ3) is 4.44. The summed E-state index contributed by atoms with van der Waals surface area (Å²) in [5.41, 5.74) is 1.07. The predicted molar refractivity (Wildman–Crippen MR) is 74.2 cm³/mol. The fourth-order valence-electron chi connectivity index (χ4n) is 2.59. The van der Waals surface area contributed by atoms with Crippen LogP contribution < -0.4 is 0 Å². The molecule has 0 amide bonds. The fraction of sp³-hybridized carbons (Fsp3) is 0.867. The van der Waals surface area contributed by atoms with Gasteiger partial charge in [0.2, 0.25) is 0 Å². The van der Waals surface area contributed by atoms with Crippen molar-refractivity contribution in [1.82, 2.24) is 4.90 Å². The van der Waals surface area contributed by atoms with E-state index in [0.717, 1.165) is 31.5 Å². The second kappa shape index (κ2) is 6.55. The summed E-state index contributed by atoms with van der Waals surface area (Å²) in [5.74, 6) is 0. The van der Waals surface area contributed by atoms with E-state index in [1.807, 2.05) is 6.92 Å². The maximum atomic E-state index is 10.4. The van der Waals surface area contributed by atoms with E-state index in [9.17, 15) is 5.11 Å². The van der Waals surface area contributed by atoms with Crippen molar-refractivity contribution < 1.29 is 5.11 Å². The van der Waals surface area contributed by atoms with Crippen LogP contribution in [0.3, 0.4) is 0 Å². The Morgan fingerprint density at radius 3 is 2.24 bits per heavy atom. The first-order chi connectivity index (χ1) is 7.94. The molecular formula is C15H29NO. The lowest BCUT2D eigenvalue weighted by molar-refractivity contribution is -0.0124. The van der Waals surface area contributed by atoms with Gasteiger partial charge in [0.1, 0.15) is 0 Å². The van der Waals surface area contributed by atoms with Gasteiger partial charge in [-0.2, -0.15) is 0 Å². The molecule has 1 fully saturated rings. The summed E-state index contributed by atoms with van der Waals surface area (Å²) < 4.78 is 0. The van der Waals surface area contributed by atoms with Crippen molar-refractivity contribution in [3.63, 3.8) is 0 Å². The predicted octanol–water partition coefficient (Wildman–Crippen LogP) is 3.36. The van der Waals surface area contributed by atoms with Crippen LogP contribution in [-0.4, -0.2) is 34.7 Å². The quantitative estimate of drug-likeness (QED) is 0.744. The van der Waals surface area contributed by atoms with Crippen LogP contribution in [0.15, 0.2) is 12.2 Å². The summed E-state index contributed by atoms with van der Waals surface area (Å²) >= 11 is 0. The highest BCUT2D eigenvalue weighted by Gasteiger charge is 2.33. The van der Waals surface area contributed by atoms with Gasteiger partial charge in [-0.15, -0.1) is 6.58 Å². The Labute approximate surface area is 107 Å². The Bertz CT molecular complexity index is 239. The van der Waals surface area contributed by atoms with Gasteiger partial charge < -0.3 is 5.11 Å². The minimum Gasteiger partial charge on any atom is -0.391 e. The molecule has 1 aliphatic heterocycles. The molecule has 1 atom stereocenters. The van der Waals surface area contributed by atoms with Crippen molar-refractivity contribution in [2.24, 2.45) is 0 Å². The highest BCUT2D eigenvalue weighted by atomic mass is 16.3. The lowest BCUT2D eigenvalue weighted by Gasteiger charge is -2.41. The van der Waals surface area contributed by atoms with E-state index in [0.29, 0.717) is 0 Å². The summed E-state index contributed by atoms with van der Waals surface area (Å²) in [6.07, 6.45) is 6.74. The molecule has 1 unspecified atom stereocenters. The summed E-state index contributed by atoms with van der Waals surface area (Å²) in [6, 6.07) is 0. The van der Waals surface area contributed by atoms with Crippen LogP contribution in [0.1, 0.15) is 59.3 Å². The molecule has 1 rings (SSSR count). The van der Waals surface area contributed by atoms with E-state index < -0.39 is 0 Å². The monoisotopic (exact) mass is 239 g/mol. The van der Waals surface area contributed by atoms with E-state index in [1.54, 1.807) is 0 Å². The van der Waals surface area contributed by atoms with Crippen LogP contribution in [0.4, 0.5) is 0 Å². The molecule has 0 bridgehead atoms. The van der Waals surface area contributed by atoms with Crippen LogP contribution >= 0.6 is 0 Å². The van der Waals surface area contributed by atoms with E-state index in [-0.39, 0.29) is 11.6 Å². The number of hydrogen-bond donors (Lipinski definition) is 1. The number of aliphatic hydroxyl groups is 1. The number of allylic oxidation sites excluding steroid dienone is 1. The lowest BCUT2D eigenvalue weighted by atomic mass is 9.90. The van der Waals surface area contributed by atoms with Gasteiger partial charge in [0.05, 0.1) is 6.10 Å². The van der Waals surface area contributed by atoms with Gasteiger partial charge in [0.25, 0.3) is 0 Å². The molecule has 0 aromatic rings. The van der Waals surface area contributed by atoms with Crippen molar-refractivity contribution in [3.05, 3.63) is 12.2 Å². The molecule has 1 saturated heterocycles. The topological polar surface area (TPSA) is 23.5 Å². The van der Waals surface area contributed by atoms with Gasteiger partial charge >= 0.3 is 0 Å². The largest absolute Gasteiger partial charge is 0.391 e. The molecule has 0 spiro atoms. The van der Waals surface area contributed by atoms with Crippen LogP contribution in [0.5, 0.6) is 0 Å². The van der Waals surface area contributed by atoms with Crippen molar-refractivity contribution in [2.75, 3.05) is 13.1 Å². The van der Waals surface area contributed by atoms with Gasteiger partial charge in [-0.05, 0) is 59.5 Å². The van der Waals surface area contributed by atoms with E-state index in [1.165, 1.54) is 25.7 Å². The second-order valence-electron chi connectivity index (χ2n) is 6.07. The molecule has 17 heavy (non-hydrogen) atoms. The van der Waals surface area contributed by atoms with E-state index in [2.05, 4.69) is 25.3 Å². The van der Waals surface area contributed by atoms with Crippen LogP contribution in [0.25, 0.3) is 0 Å². The molecule has 100 valence electrons. The highest BCUT2D eigenvalue weighted by molar-refractivity contribution is 4.94. The molecule has 1 aliphatic rings. The number of rotatable bonds is 5. The van der Waals surface area contributed by atoms with Gasteiger partial charge in [0.15, 0.2) is 0 Å².